The summed E-state index contributed by atoms with van der Waals surface area (Å²) in [6.07, 6.45) is 1.14. The van der Waals surface area contributed by atoms with Crippen LogP contribution in [0.25, 0.3) is 0 Å². The van der Waals surface area contributed by atoms with Gasteiger partial charge >= 0.3 is 0 Å². The number of benzene rings is 1. The van der Waals surface area contributed by atoms with Crippen LogP contribution in [0.15, 0.2) is 24.3 Å². The van der Waals surface area contributed by atoms with Crippen LogP contribution in [0.1, 0.15) is 18.9 Å². The van der Waals surface area contributed by atoms with E-state index < -0.39 is 0 Å². The van der Waals surface area contributed by atoms with Gasteiger partial charge in [-0.2, -0.15) is 12.6 Å². The Morgan fingerprint density at radius 1 is 1.25 bits per heavy atom. The van der Waals surface area contributed by atoms with Crippen molar-refractivity contribution < 1.29 is 4.74 Å². The molecule has 2 nitrogen and oxygen atoms in total. The van der Waals surface area contributed by atoms with Crippen molar-refractivity contribution in [2.45, 2.75) is 19.9 Å². The fourth-order valence-electron chi connectivity index (χ4n) is 1.59. The highest BCUT2D eigenvalue weighted by molar-refractivity contribution is 7.80. The molecule has 1 aromatic carbocycles. The standard InChI is InChI=1S/C13H21NOS/c1-3-15-13-7-5-12(6-8-13)11-14(2)9-4-10-16/h5-8,16H,3-4,9-11H2,1-2H3. The molecule has 0 unspecified atom stereocenters. The predicted octanol–water partition coefficient (Wildman–Crippen LogP) is 2.84. The van der Waals surface area contributed by atoms with Gasteiger partial charge in [0.25, 0.3) is 0 Å². The van der Waals surface area contributed by atoms with E-state index in [2.05, 4.69) is 36.7 Å². The summed E-state index contributed by atoms with van der Waals surface area (Å²) < 4.78 is 5.41. The molecule has 0 saturated heterocycles. The third-order valence-corrected chi connectivity index (χ3v) is 2.70. The van der Waals surface area contributed by atoms with Gasteiger partial charge in [0.05, 0.1) is 6.61 Å². The van der Waals surface area contributed by atoms with Crippen LogP contribution in [-0.4, -0.2) is 30.9 Å². The van der Waals surface area contributed by atoms with Crippen molar-refractivity contribution in [2.75, 3.05) is 26.0 Å². The Kier molecular flexibility index (Phi) is 6.34. The van der Waals surface area contributed by atoms with Gasteiger partial charge in [0.15, 0.2) is 0 Å². The van der Waals surface area contributed by atoms with Crippen LogP contribution in [0, 0.1) is 0 Å². The van der Waals surface area contributed by atoms with E-state index in [4.69, 9.17) is 4.74 Å². The summed E-state index contributed by atoms with van der Waals surface area (Å²) in [7, 11) is 2.14. The van der Waals surface area contributed by atoms with Gasteiger partial charge in [-0.1, -0.05) is 12.1 Å². The first-order valence-corrected chi connectivity index (χ1v) is 6.40. The summed E-state index contributed by atoms with van der Waals surface area (Å²) >= 11 is 4.22. The zero-order valence-electron chi connectivity index (χ0n) is 10.1. The lowest BCUT2D eigenvalue weighted by Crippen LogP contribution is -2.19. The molecule has 0 aromatic heterocycles. The van der Waals surface area contributed by atoms with Gasteiger partial charge in [-0.15, -0.1) is 0 Å². The van der Waals surface area contributed by atoms with Crippen molar-refractivity contribution in [1.82, 2.24) is 4.90 Å². The zero-order valence-corrected chi connectivity index (χ0v) is 11.0. The summed E-state index contributed by atoms with van der Waals surface area (Å²) in [5.74, 6) is 1.90. The number of hydrogen-bond acceptors (Lipinski definition) is 3. The second kappa shape index (κ2) is 7.58. The Labute approximate surface area is 104 Å². The van der Waals surface area contributed by atoms with Crippen LogP contribution < -0.4 is 4.74 Å². The Morgan fingerprint density at radius 3 is 2.50 bits per heavy atom. The van der Waals surface area contributed by atoms with Crippen molar-refractivity contribution in [3.05, 3.63) is 29.8 Å². The maximum absolute atomic E-state index is 5.41. The fraction of sp³-hybridized carbons (Fsp3) is 0.538. The number of ether oxygens (including phenoxy) is 1. The van der Waals surface area contributed by atoms with Gasteiger partial charge in [0.1, 0.15) is 5.75 Å². The average Bonchev–Trinajstić information content (AvgIpc) is 2.29. The maximum atomic E-state index is 5.41. The van der Waals surface area contributed by atoms with Crippen LogP contribution in [0.4, 0.5) is 0 Å². The molecule has 3 heteroatoms. The SMILES string of the molecule is CCOc1ccc(CN(C)CCCS)cc1. The van der Waals surface area contributed by atoms with E-state index in [1.54, 1.807) is 0 Å². The molecule has 1 rings (SSSR count). The molecule has 90 valence electrons. The second-order valence-electron chi connectivity index (χ2n) is 3.89. The second-order valence-corrected chi connectivity index (χ2v) is 4.34. The smallest absolute Gasteiger partial charge is 0.119 e. The van der Waals surface area contributed by atoms with Gasteiger partial charge in [-0.25, -0.2) is 0 Å². The molecular formula is C13H21NOS. The van der Waals surface area contributed by atoms with E-state index >= 15 is 0 Å². The minimum absolute atomic E-state index is 0.723. The molecule has 0 aliphatic carbocycles. The maximum Gasteiger partial charge on any atom is 0.119 e. The van der Waals surface area contributed by atoms with E-state index in [1.165, 1.54) is 5.56 Å². The van der Waals surface area contributed by atoms with Crippen molar-refractivity contribution in [3.63, 3.8) is 0 Å². The Bertz CT molecular complexity index is 286. The molecule has 16 heavy (non-hydrogen) atoms. The lowest BCUT2D eigenvalue weighted by atomic mass is 10.2. The van der Waals surface area contributed by atoms with Gasteiger partial charge in [0, 0.05) is 6.54 Å². The molecule has 0 aliphatic heterocycles. The lowest BCUT2D eigenvalue weighted by molar-refractivity contribution is 0.326. The molecule has 0 bridgehead atoms. The van der Waals surface area contributed by atoms with E-state index in [9.17, 15) is 0 Å². The monoisotopic (exact) mass is 239 g/mol. The zero-order chi connectivity index (χ0) is 11.8. The molecule has 1 aromatic rings. The first-order valence-electron chi connectivity index (χ1n) is 5.77. The first-order chi connectivity index (χ1) is 7.76. The molecular weight excluding hydrogens is 218 g/mol. The van der Waals surface area contributed by atoms with Crippen molar-refractivity contribution in [1.29, 1.82) is 0 Å². The third kappa shape index (κ3) is 4.90. The molecule has 0 heterocycles. The normalized spacial score (nSPS) is 10.8. The molecule has 0 spiro atoms. The topological polar surface area (TPSA) is 12.5 Å². The van der Waals surface area contributed by atoms with E-state index in [1.807, 2.05) is 19.1 Å². The number of nitrogens with zero attached hydrogens (tertiary/aromatic N) is 1. The van der Waals surface area contributed by atoms with Gasteiger partial charge in [0.2, 0.25) is 0 Å². The van der Waals surface area contributed by atoms with Crippen molar-refractivity contribution in [3.8, 4) is 5.75 Å². The summed E-state index contributed by atoms with van der Waals surface area (Å²) in [5, 5.41) is 0. The van der Waals surface area contributed by atoms with Crippen LogP contribution in [0.5, 0.6) is 5.75 Å². The molecule has 0 fully saturated rings. The number of hydrogen-bond donors (Lipinski definition) is 1. The highest BCUT2D eigenvalue weighted by atomic mass is 32.1. The first kappa shape index (κ1) is 13.4. The highest BCUT2D eigenvalue weighted by Gasteiger charge is 2.00. The summed E-state index contributed by atoms with van der Waals surface area (Å²) in [4.78, 5) is 2.31. The van der Waals surface area contributed by atoms with Crippen molar-refractivity contribution in [2.24, 2.45) is 0 Å². The summed E-state index contributed by atoms with van der Waals surface area (Å²) in [5.41, 5.74) is 1.32. The fourth-order valence-corrected chi connectivity index (χ4v) is 1.73. The van der Waals surface area contributed by atoms with Crippen LogP contribution in [-0.2, 0) is 6.54 Å². The minimum Gasteiger partial charge on any atom is -0.494 e. The quantitative estimate of drug-likeness (QED) is 0.735. The summed E-state index contributed by atoms with van der Waals surface area (Å²) in [6.45, 7) is 4.80. The van der Waals surface area contributed by atoms with Crippen LogP contribution in [0.2, 0.25) is 0 Å². The van der Waals surface area contributed by atoms with Crippen LogP contribution in [0.3, 0.4) is 0 Å². The van der Waals surface area contributed by atoms with E-state index in [-0.39, 0.29) is 0 Å². The molecule has 0 N–H and O–H groups in total. The largest absolute Gasteiger partial charge is 0.494 e. The molecule has 0 radical (unpaired) electrons. The third-order valence-electron chi connectivity index (χ3n) is 2.38. The predicted molar refractivity (Wildman–Crippen MR) is 72.4 cm³/mol. The molecule has 0 aliphatic rings. The minimum atomic E-state index is 0.723. The summed E-state index contributed by atoms with van der Waals surface area (Å²) in [6, 6.07) is 8.32. The van der Waals surface area contributed by atoms with Gasteiger partial charge in [-0.05, 0) is 50.4 Å². The lowest BCUT2D eigenvalue weighted by Gasteiger charge is -2.16. The Morgan fingerprint density at radius 2 is 1.94 bits per heavy atom. The van der Waals surface area contributed by atoms with Crippen LogP contribution >= 0.6 is 12.6 Å². The number of thiol groups is 1. The Hall–Kier alpha value is -0.670. The van der Waals surface area contributed by atoms with E-state index in [0.717, 1.165) is 37.6 Å². The van der Waals surface area contributed by atoms with Crippen molar-refractivity contribution >= 4 is 12.6 Å². The highest BCUT2D eigenvalue weighted by Crippen LogP contribution is 2.13. The number of rotatable bonds is 7. The molecule has 0 atom stereocenters. The molecule has 0 saturated carbocycles. The van der Waals surface area contributed by atoms with E-state index in [0.29, 0.717) is 0 Å². The average molecular weight is 239 g/mol. The molecule has 0 amide bonds. The Balaban J connectivity index is 2.41. The van der Waals surface area contributed by atoms with Gasteiger partial charge in [-0.3, -0.25) is 0 Å². The van der Waals surface area contributed by atoms with Gasteiger partial charge < -0.3 is 9.64 Å².